The molecule has 5 atom stereocenters. The molecule has 19 heavy (non-hydrogen) atoms. The molecule has 1 aliphatic rings. The molecule has 0 aliphatic carbocycles. The largest absolute Gasteiger partial charge is 0.496 e. The van der Waals surface area contributed by atoms with Crippen LogP contribution in [0.3, 0.4) is 0 Å². The van der Waals surface area contributed by atoms with Crippen LogP contribution in [0.2, 0.25) is 0 Å². The van der Waals surface area contributed by atoms with E-state index in [2.05, 4.69) is 5.32 Å². The van der Waals surface area contributed by atoms with Crippen molar-refractivity contribution in [1.29, 1.82) is 0 Å². The lowest BCUT2D eigenvalue weighted by Crippen LogP contribution is -2.62. The second kappa shape index (κ2) is 5.85. The van der Waals surface area contributed by atoms with E-state index in [9.17, 15) is 20.4 Å². The lowest BCUT2D eigenvalue weighted by molar-refractivity contribution is -0.120. The van der Waals surface area contributed by atoms with Gasteiger partial charge in [0.25, 0.3) is 0 Å². The Hall–Kier alpha value is -1.18. The Kier molecular flexibility index (Phi) is 4.38. The highest BCUT2D eigenvalue weighted by Crippen LogP contribution is 2.32. The first-order valence-electron chi connectivity index (χ1n) is 6.14. The third kappa shape index (κ3) is 2.58. The Morgan fingerprint density at radius 1 is 1.11 bits per heavy atom. The molecule has 1 aromatic carbocycles. The van der Waals surface area contributed by atoms with E-state index in [4.69, 9.17) is 4.74 Å². The summed E-state index contributed by atoms with van der Waals surface area (Å²) in [6.45, 7) is -0.337. The molecule has 1 fully saturated rings. The van der Waals surface area contributed by atoms with Crippen molar-refractivity contribution in [2.45, 2.75) is 30.4 Å². The van der Waals surface area contributed by atoms with Crippen LogP contribution in [0, 0.1) is 0 Å². The molecule has 106 valence electrons. The van der Waals surface area contributed by atoms with Gasteiger partial charge in [-0.2, -0.15) is 0 Å². The second-order valence-electron chi connectivity index (χ2n) is 4.65. The van der Waals surface area contributed by atoms with Crippen LogP contribution in [0.15, 0.2) is 24.3 Å². The van der Waals surface area contributed by atoms with Crippen LogP contribution in [-0.4, -0.2) is 58.5 Å². The van der Waals surface area contributed by atoms with E-state index in [1.807, 2.05) is 0 Å². The summed E-state index contributed by atoms with van der Waals surface area (Å²) < 4.78 is 5.22. The van der Waals surface area contributed by atoms with Gasteiger partial charge in [0, 0.05) is 5.56 Å². The highest BCUT2D eigenvalue weighted by Gasteiger charge is 2.43. The number of methoxy groups -OCH3 is 1. The fourth-order valence-electron chi connectivity index (χ4n) is 2.42. The number of piperidine rings is 1. The molecular formula is C13H19NO5. The fraction of sp³-hybridized carbons (Fsp3) is 0.538. The molecule has 6 nitrogen and oxygen atoms in total. The van der Waals surface area contributed by atoms with Crippen molar-refractivity contribution < 1.29 is 25.2 Å². The molecule has 0 saturated carbocycles. The average Bonchev–Trinajstić information content (AvgIpc) is 2.45. The van der Waals surface area contributed by atoms with E-state index in [1.54, 1.807) is 24.3 Å². The van der Waals surface area contributed by atoms with Crippen LogP contribution in [0.4, 0.5) is 0 Å². The smallest absolute Gasteiger partial charge is 0.123 e. The van der Waals surface area contributed by atoms with Crippen molar-refractivity contribution in [3.63, 3.8) is 0 Å². The van der Waals surface area contributed by atoms with Gasteiger partial charge in [-0.25, -0.2) is 0 Å². The molecule has 1 heterocycles. The van der Waals surface area contributed by atoms with Crippen molar-refractivity contribution >= 4 is 0 Å². The first kappa shape index (κ1) is 14.2. The Morgan fingerprint density at radius 3 is 2.42 bits per heavy atom. The number of rotatable bonds is 3. The first-order valence-corrected chi connectivity index (χ1v) is 6.14. The number of hydrogen-bond acceptors (Lipinski definition) is 6. The number of benzene rings is 1. The van der Waals surface area contributed by atoms with E-state index in [1.165, 1.54) is 7.11 Å². The third-order valence-corrected chi connectivity index (χ3v) is 3.52. The Labute approximate surface area is 111 Å². The van der Waals surface area contributed by atoms with Crippen LogP contribution >= 0.6 is 0 Å². The number of ether oxygens (including phenoxy) is 1. The molecule has 0 bridgehead atoms. The normalized spacial score (nSPS) is 35.1. The summed E-state index contributed by atoms with van der Waals surface area (Å²) in [4.78, 5) is 0. The summed E-state index contributed by atoms with van der Waals surface area (Å²) in [5.74, 6) is 0.569. The van der Waals surface area contributed by atoms with Gasteiger partial charge in [-0.15, -0.1) is 0 Å². The Morgan fingerprint density at radius 2 is 1.79 bits per heavy atom. The topological polar surface area (TPSA) is 102 Å². The molecule has 1 aliphatic heterocycles. The van der Waals surface area contributed by atoms with Gasteiger partial charge >= 0.3 is 0 Å². The molecule has 0 spiro atoms. The first-order chi connectivity index (χ1) is 9.10. The Balaban J connectivity index is 2.32. The quantitative estimate of drug-likeness (QED) is 0.471. The minimum absolute atomic E-state index is 0.337. The van der Waals surface area contributed by atoms with Crippen LogP contribution in [0.5, 0.6) is 5.75 Å². The SMILES string of the molecule is COc1ccccc1[C@@H]1N[C@H](CO)[C@@H](O)[C@H](O)[C@@H]1O. The maximum Gasteiger partial charge on any atom is 0.123 e. The van der Waals surface area contributed by atoms with E-state index in [-0.39, 0.29) is 6.61 Å². The maximum absolute atomic E-state index is 10.1. The summed E-state index contributed by atoms with van der Waals surface area (Å²) in [5.41, 5.74) is 0.668. The summed E-state index contributed by atoms with van der Waals surface area (Å²) in [5, 5.41) is 41.8. The van der Waals surface area contributed by atoms with Crippen molar-refractivity contribution in [3.8, 4) is 5.75 Å². The molecular weight excluding hydrogens is 250 g/mol. The van der Waals surface area contributed by atoms with E-state index in [0.717, 1.165) is 0 Å². The van der Waals surface area contributed by atoms with E-state index < -0.39 is 30.4 Å². The number of nitrogens with one attached hydrogen (secondary N) is 1. The maximum atomic E-state index is 10.1. The fourth-order valence-corrected chi connectivity index (χ4v) is 2.42. The van der Waals surface area contributed by atoms with Crippen LogP contribution in [0.1, 0.15) is 11.6 Å². The standard InChI is InChI=1S/C13H19NO5/c1-19-9-5-3-2-4-7(9)10-12(17)13(18)11(16)8(6-15)14-10/h2-5,8,10-18H,6H2,1H3/t8-,10+,11-,12-,13+/m1/s1. The van der Waals surface area contributed by atoms with Crippen LogP contribution in [0.25, 0.3) is 0 Å². The van der Waals surface area contributed by atoms with Crippen molar-refractivity contribution in [2.75, 3.05) is 13.7 Å². The summed E-state index contributed by atoms with van der Waals surface area (Å²) in [6.07, 6.45) is -3.73. The Bertz CT molecular complexity index is 425. The molecule has 6 heteroatoms. The van der Waals surface area contributed by atoms with Crippen LogP contribution < -0.4 is 10.1 Å². The highest BCUT2D eigenvalue weighted by molar-refractivity contribution is 5.37. The minimum atomic E-state index is -1.33. The molecule has 5 N–H and O–H groups in total. The molecule has 2 rings (SSSR count). The highest BCUT2D eigenvalue weighted by atomic mass is 16.5. The molecule has 0 radical (unpaired) electrons. The predicted molar refractivity (Wildman–Crippen MR) is 67.8 cm³/mol. The van der Waals surface area contributed by atoms with E-state index in [0.29, 0.717) is 11.3 Å². The zero-order chi connectivity index (χ0) is 14.0. The average molecular weight is 269 g/mol. The molecule has 0 amide bonds. The zero-order valence-corrected chi connectivity index (χ0v) is 10.6. The summed E-state index contributed by atoms with van der Waals surface area (Å²) in [6, 6.07) is 5.78. The van der Waals surface area contributed by atoms with Gasteiger partial charge in [0.05, 0.1) is 31.9 Å². The minimum Gasteiger partial charge on any atom is -0.496 e. The molecule has 0 unspecified atom stereocenters. The molecule has 1 aromatic rings. The van der Waals surface area contributed by atoms with Gasteiger partial charge in [-0.3, -0.25) is 0 Å². The van der Waals surface area contributed by atoms with Crippen molar-refractivity contribution in [2.24, 2.45) is 0 Å². The third-order valence-electron chi connectivity index (χ3n) is 3.52. The number of aliphatic hydroxyl groups is 4. The summed E-state index contributed by atoms with van der Waals surface area (Å²) >= 11 is 0. The van der Waals surface area contributed by atoms with Crippen molar-refractivity contribution in [1.82, 2.24) is 5.32 Å². The van der Waals surface area contributed by atoms with E-state index >= 15 is 0 Å². The van der Waals surface area contributed by atoms with Crippen LogP contribution in [-0.2, 0) is 0 Å². The van der Waals surface area contributed by atoms with Gasteiger partial charge in [-0.1, -0.05) is 18.2 Å². The van der Waals surface area contributed by atoms with Gasteiger partial charge in [0.15, 0.2) is 0 Å². The lowest BCUT2D eigenvalue weighted by Gasteiger charge is -2.41. The monoisotopic (exact) mass is 269 g/mol. The molecule has 1 saturated heterocycles. The number of aliphatic hydroxyl groups excluding tert-OH is 4. The van der Waals surface area contributed by atoms with Gasteiger partial charge in [-0.05, 0) is 6.07 Å². The van der Waals surface area contributed by atoms with Gasteiger partial charge < -0.3 is 30.5 Å². The number of para-hydroxylation sites is 1. The molecule has 0 aromatic heterocycles. The lowest BCUT2D eigenvalue weighted by atomic mass is 9.86. The van der Waals surface area contributed by atoms with Gasteiger partial charge in [0.1, 0.15) is 18.0 Å². The summed E-state index contributed by atoms with van der Waals surface area (Å²) in [7, 11) is 1.52. The van der Waals surface area contributed by atoms with Gasteiger partial charge in [0.2, 0.25) is 0 Å². The van der Waals surface area contributed by atoms with Crippen molar-refractivity contribution in [3.05, 3.63) is 29.8 Å². The number of hydrogen-bond donors (Lipinski definition) is 5. The zero-order valence-electron chi connectivity index (χ0n) is 10.6. The second-order valence-corrected chi connectivity index (χ2v) is 4.65. The predicted octanol–water partition coefficient (Wildman–Crippen LogP) is -1.22.